The van der Waals surface area contributed by atoms with E-state index in [0.717, 1.165) is 47.6 Å². The quantitative estimate of drug-likeness (QED) is 0.632. The molecular weight excluding hydrogens is 451 g/mol. The molecule has 0 saturated carbocycles. The zero-order valence-electron chi connectivity index (χ0n) is 18.4. The van der Waals surface area contributed by atoms with Crippen molar-refractivity contribution in [2.45, 2.75) is 0 Å². The maximum absolute atomic E-state index is 6.03. The highest BCUT2D eigenvalue weighted by molar-refractivity contribution is 6.30. The van der Waals surface area contributed by atoms with Crippen molar-refractivity contribution >= 4 is 34.6 Å². The van der Waals surface area contributed by atoms with Gasteiger partial charge in [0.1, 0.15) is 0 Å². The summed E-state index contributed by atoms with van der Waals surface area (Å²) >= 11 is 12.1. The molecule has 0 N–H and O–H groups in total. The van der Waals surface area contributed by atoms with Gasteiger partial charge in [0, 0.05) is 47.6 Å². The van der Waals surface area contributed by atoms with E-state index in [0.29, 0.717) is 52.9 Å². The Morgan fingerprint density at radius 3 is 1.00 bits per heavy atom. The fraction of sp³-hybridized carbons (Fsp3) is 0.500. The molecule has 6 nitrogen and oxygen atoms in total. The van der Waals surface area contributed by atoms with E-state index in [1.54, 1.807) is 0 Å². The molecule has 8 heteroatoms. The van der Waals surface area contributed by atoms with Crippen LogP contribution in [0.3, 0.4) is 0 Å². The van der Waals surface area contributed by atoms with Gasteiger partial charge in [-0.1, -0.05) is 23.2 Å². The molecule has 3 rings (SSSR count). The Balaban J connectivity index is 1.50. The van der Waals surface area contributed by atoms with Gasteiger partial charge in [-0.05, 0) is 48.5 Å². The number of ether oxygens (including phenoxy) is 4. The molecule has 0 bridgehead atoms. The Kier molecular flexibility index (Phi) is 11.4. The molecule has 1 saturated heterocycles. The zero-order chi connectivity index (χ0) is 22.4. The van der Waals surface area contributed by atoms with Crippen LogP contribution in [0.1, 0.15) is 0 Å². The summed E-state index contributed by atoms with van der Waals surface area (Å²) in [6.45, 7) is 7.80. The average molecular weight is 483 g/mol. The molecule has 1 fully saturated rings. The van der Waals surface area contributed by atoms with E-state index in [2.05, 4.69) is 9.80 Å². The molecule has 0 amide bonds. The van der Waals surface area contributed by atoms with E-state index in [4.69, 9.17) is 42.1 Å². The highest BCUT2D eigenvalue weighted by Crippen LogP contribution is 2.19. The van der Waals surface area contributed by atoms with Crippen molar-refractivity contribution in [3.63, 3.8) is 0 Å². The summed E-state index contributed by atoms with van der Waals surface area (Å²) in [4.78, 5) is 4.48. The number of nitrogens with zero attached hydrogens (tertiary/aromatic N) is 2. The van der Waals surface area contributed by atoms with Gasteiger partial charge in [0.05, 0.1) is 52.9 Å². The van der Waals surface area contributed by atoms with Crippen LogP contribution >= 0.6 is 23.2 Å². The first-order chi connectivity index (χ1) is 15.7. The van der Waals surface area contributed by atoms with E-state index in [1.807, 2.05) is 48.5 Å². The highest BCUT2D eigenvalue weighted by Gasteiger charge is 2.09. The molecule has 0 atom stereocenters. The standard InChI is InChI=1S/C24H32Cl2N2O4/c25-21-1-5-23(6-2-21)27-9-13-29-17-19-31-15-11-28(24-7-3-22(26)4-8-24)12-16-32-20-18-30-14-10-27/h1-8H,9-20H2. The molecule has 0 unspecified atom stereocenters. The van der Waals surface area contributed by atoms with E-state index in [9.17, 15) is 0 Å². The van der Waals surface area contributed by atoms with Crippen LogP contribution in [0.15, 0.2) is 48.5 Å². The fourth-order valence-corrected chi connectivity index (χ4v) is 3.64. The average Bonchev–Trinajstić information content (AvgIpc) is 2.80. The third-order valence-electron chi connectivity index (χ3n) is 5.15. The summed E-state index contributed by atoms with van der Waals surface area (Å²) in [6, 6.07) is 15.7. The Morgan fingerprint density at radius 2 is 0.719 bits per heavy atom. The van der Waals surface area contributed by atoms with Crippen LogP contribution in [0.4, 0.5) is 11.4 Å². The van der Waals surface area contributed by atoms with Gasteiger partial charge in [-0.25, -0.2) is 0 Å². The predicted octanol–water partition coefficient (Wildman–Crippen LogP) is 4.39. The van der Waals surface area contributed by atoms with Crippen LogP contribution in [0.25, 0.3) is 0 Å². The molecule has 32 heavy (non-hydrogen) atoms. The molecule has 2 aromatic carbocycles. The lowest BCUT2D eigenvalue weighted by Gasteiger charge is -2.26. The SMILES string of the molecule is Clc1ccc(N2CCOCCOCCN(c3ccc(Cl)cc3)CCOCCOCC2)cc1. The molecular formula is C24H32Cl2N2O4. The predicted molar refractivity (Wildman–Crippen MR) is 131 cm³/mol. The van der Waals surface area contributed by atoms with E-state index < -0.39 is 0 Å². The van der Waals surface area contributed by atoms with Crippen LogP contribution in [0, 0.1) is 0 Å². The molecule has 0 spiro atoms. The summed E-state index contributed by atoms with van der Waals surface area (Å²) in [5, 5.41) is 1.46. The van der Waals surface area contributed by atoms with Gasteiger partial charge in [-0.15, -0.1) is 0 Å². The smallest absolute Gasteiger partial charge is 0.0701 e. The van der Waals surface area contributed by atoms with Crippen molar-refractivity contribution in [3.05, 3.63) is 58.6 Å². The molecule has 0 aliphatic carbocycles. The molecule has 176 valence electrons. The number of halogens is 2. The van der Waals surface area contributed by atoms with Crippen LogP contribution in [0.5, 0.6) is 0 Å². The van der Waals surface area contributed by atoms with Crippen molar-refractivity contribution in [1.82, 2.24) is 0 Å². The Morgan fingerprint density at radius 1 is 0.438 bits per heavy atom. The molecule has 2 aromatic rings. The largest absolute Gasteiger partial charge is 0.377 e. The van der Waals surface area contributed by atoms with Crippen LogP contribution in [-0.4, -0.2) is 79.0 Å². The lowest BCUT2D eigenvalue weighted by molar-refractivity contribution is 0.0436. The number of anilines is 2. The Hall–Kier alpha value is -1.54. The maximum Gasteiger partial charge on any atom is 0.0701 e. The van der Waals surface area contributed by atoms with Crippen LogP contribution in [-0.2, 0) is 18.9 Å². The van der Waals surface area contributed by atoms with Gasteiger partial charge in [0.2, 0.25) is 0 Å². The zero-order valence-corrected chi connectivity index (χ0v) is 19.9. The van der Waals surface area contributed by atoms with Crippen molar-refractivity contribution in [1.29, 1.82) is 0 Å². The first kappa shape index (κ1) is 25.1. The lowest BCUT2D eigenvalue weighted by Crippen LogP contribution is -2.33. The van der Waals surface area contributed by atoms with Gasteiger partial charge in [0.25, 0.3) is 0 Å². The normalized spacial score (nSPS) is 18.7. The highest BCUT2D eigenvalue weighted by atomic mass is 35.5. The van der Waals surface area contributed by atoms with Gasteiger partial charge in [0.15, 0.2) is 0 Å². The van der Waals surface area contributed by atoms with Gasteiger partial charge >= 0.3 is 0 Å². The Bertz CT molecular complexity index is 676. The number of hydrogen-bond acceptors (Lipinski definition) is 6. The molecule has 1 aliphatic rings. The van der Waals surface area contributed by atoms with Crippen LogP contribution < -0.4 is 9.80 Å². The summed E-state index contributed by atoms with van der Waals surface area (Å²) < 4.78 is 23.2. The van der Waals surface area contributed by atoms with Crippen LogP contribution in [0.2, 0.25) is 10.0 Å². The molecule has 0 aromatic heterocycles. The van der Waals surface area contributed by atoms with Crippen molar-refractivity contribution in [2.75, 3.05) is 88.8 Å². The summed E-state index contributed by atoms with van der Waals surface area (Å²) in [5.74, 6) is 0. The summed E-state index contributed by atoms with van der Waals surface area (Å²) in [6.07, 6.45) is 0. The third-order valence-corrected chi connectivity index (χ3v) is 5.65. The lowest BCUT2D eigenvalue weighted by atomic mass is 10.3. The van der Waals surface area contributed by atoms with Crippen molar-refractivity contribution < 1.29 is 18.9 Å². The third kappa shape index (κ3) is 9.14. The van der Waals surface area contributed by atoms with Gasteiger partial charge in [-0.3, -0.25) is 0 Å². The number of hydrogen-bond donors (Lipinski definition) is 0. The molecule has 0 radical (unpaired) electrons. The topological polar surface area (TPSA) is 43.4 Å². The number of rotatable bonds is 2. The first-order valence-electron chi connectivity index (χ1n) is 11.0. The first-order valence-corrected chi connectivity index (χ1v) is 11.8. The number of benzene rings is 2. The van der Waals surface area contributed by atoms with Gasteiger partial charge in [-0.2, -0.15) is 0 Å². The van der Waals surface area contributed by atoms with E-state index in [1.165, 1.54) is 0 Å². The minimum Gasteiger partial charge on any atom is -0.377 e. The summed E-state index contributed by atoms with van der Waals surface area (Å²) in [7, 11) is 0. The van der Waals surface area contributed by atoms with Crippen molar-refractivity contribution in [2.24, 2.45) is 0 Å². The van der Waals surface area contributed by atoms with E-state index >= 15 is 0 Å². The minimum atomic E-state index is 0.564. The summed E-state index contributed by atoms with van der Waals surface area (Å²) in [5.41, 5.74) is 2.21. The second-order valence-electron chi connectivity index (χ2n) is 7.38. The van der Waals surface area contributed by atoms with E-state index in [-0.39, 0.29) is 0 Å². The minimum absolute atomic E-state index is 0.564. The Labute approximate surface area is 200 Å². The molecule has 1 heterocycles. The van der Waals surface area contributed by atoms with Gasteiger partial charge < -0.3 is 28.7 Å². The van der Waals surface area contributed by atoms with Crippen molar-refractivity contribution in [3.8, 4) is 0 Å². The fourth-order valence-electron chi connectivity index (χ4n) is 3.39. The monoisotopic (exact) mass is 482 g/mol. The molecule has 1 aliphatic heterocycles. The second kappa shape index (κ2) is 14.6. The maximum atomic E-state index is 6.03. The second-order valence-corrected chi connectivity index (χ2v) is 8.25.